The number of carbonyl (C=O) groups is 1. The Morgan fingerprint density at radius 2 is 2.14 bits per heavy atom. The van der Waals surface area contributed by atoms with Gasteiger partial charge in [0, 0.05) is 24.5 Å². The van der Waals surface area contributed by atoms with E-state index < -0.39 is 0 Å². The van der Waals surface area contributed by atoms with E-state index in [-0.39, 0.29) is 5.91 Å². The fraction of sp³-hybridized carbons (Fsp3) is 0.706. The first-order valence-corrected chi connectivity index (χ1v) is 8.41. The van der Waals surface area contributed by atoms with Crippen molar-refractivity contribution in [3.8, 4) is 0 Å². The average Bonchev–Trinajstić information content (AvgIpc) is 3.12. The number of hydrogen-bond acceptors (Lipinski definition) is 2. The normalized spacial score (nSPS) is 17.0. The smallest absolute Gasteiger partial charge is 0.240 e. The molecule has 1 aliphatic carbocycles. The molecule has 1 fully saturated rings. The number of nitrogens with zero attached hydrogens (tertiary/aromatic N) is 1. The number of amides is 1. The van der Waals surface area contributed by atoms with Gasteiger partial charge >= 0.3 is 0 Å². The van der Waals surface area contributed by atoms with Crippen LogP contribution in [0.4, 0.5) is 0 Å². The lowest BCUT2D eigenvalue weighted by molar-refractivity contribution is -0.122. The second-order valence-corrected chi connectivity index (χ2v) is 6.08. The maximum atomic E-state index is 12.0. The van der Waals surface area contributed by atoms with Crippen LogP contribution in [0.5, 0.6) is 0 Å². The standard InChI is InChI=1S/C17H29N3O/c1-3-10-18-16(4-2)14-9-11-20(12-14)13-17(21)19-15-7-5-6-8-15/h9,11-12,15-16,18H,3-8,10,13H2,1-2H3,(H,19,21). The summed E-state index contributed by atoms with van der Waals surface area (Å²) in [4.78, 5) is 12.0. The van der Waals surface area contributed by atoms with Gasteiger partial charge in [0.25, 0.3) is 0 Å². The van der Waals surface area contributed by atoms with Crippen LogP contribution in [0, 0.1) is 0 Å². The molecule has 0 spiro atoms. The van der Waals surface area contributed by atoms with Crippen molar-refractivity contribution >= 4 is 5.91 Å². The van der Waals surface area contributed by atoms with E-state index in [1.807, 2.05) is 10.8 Å². The van der Waals surface area contributed by atoms with Crippen LogP contribution < -0.4 is 10.6 Å². The van der Waals surface area contributed by atoms with Gasteiger partial charge in [-0.25, -0.2) is 0 Å². The third kappa shape index (κ3) is 4.88. The molecule has 0 aromatic carbocycles. The molecule has 2 N–H and O–H groups in total. The lowest BCUT2D eigenvalue weighted by atomic mass is 10.1. The van der Waals surface area contributed by atoms with Gasteiger partial charge in [0.2, 0.25) is 5.91 Å². The molecule has 1 aliphatic rings. The molecular weight excluding hydrogens is 262 g/mol. The van der Waals surface area contributed by atoms with E-state index in [1.165, 1.54) is 18.4 Å². The van der Waals surface area contributed by atoms with Gasteiger partial charge in [-0.1, -0.05) is 26.7 Å². The summed E-state index contributed by atoms with van der Waals surface area (Å²) in [6.07, 6.45) is 11.1. The fourth-order valence-electron chi connectivity index (χ4n) is 3.09. The van der Waals surface area contributed by atoms with Gasteiger partial charge in [0.05, 0.1) is 0 Å². The Bertz CT molecular complexity index is 435. The third-order valence-corrected chi connectivity index (χ3v) is 4.27. The number of hydrogen-bond donors (Lipinski definition) is 2. The summed E-state index contributed by atoms with van der Waals surface area (Å²) in [6, 6.07) is 2.92. The molecule has 1 atom stereocenters. The lowest BCUT2D eigenvalue weighted by Gasteiger charge is -2.15. The molecule has 4 nitrogen and oxygen atoms in total. The minimum absolute atomic E-state index is 0.138. The maximum Gasteiger partial charge on any atom is 0.240 e. The molecule has 1 aromatic heterocycles. The second-order valence-electron chi connectivity index (χ2n) is 6.08. The van der Waals surface area contributed by atoms with Gasteiger partial charge < -0.3 is 15.2 Å². The van der Waals surface area contributed by atoms with Crippen LogP contribution in [0.25, 0.3) is 0 Å². The van der Waals surface area contributed by atoms with Crippen LogP contribution in [0.1, 0.15) is 64.0 Å². The third-order valence-electron chi connectivity index (χ3n) is 4.27. The topological polar surface area (TPSA) is 46.1 Å². The molecule has 1 saturated carbocycles. The molecular formula is C17H29N3O. The summed E-state index contributed by atoms with van der Waals surface area (Å²) < 4.78 is 2.00. The monoisotopic (exact) mass is 291 g/mol. The van der Waals surface area contributed by atoms with Gasteiger partial charge in [-0.2, -0.15) is 0 Å². The molecule has 0 saturated heterocycles. The van der Waals surface area contributed by atoms with Crippen molar-refractivity contribution in [3.05, 3.63) is 24.0 Å². The van der Waals surface area contributed by atoms with Crippen LogP contribution in [0.3, 0.4) is 0 Å². The summed E-state index contributed by atoms with van der Waals surface area (Å²) in [5, 5.41) is 6.69. The average molecular weight is 291 g/mol. The van der Waals surface area contributed by atoms with Crippen molar-refractivity contribution in [2.75, 3.05) is 6.54 Å². The second kappa shape index (κ2) is 8.23. The highest BCUT2D eigenvalue weighted by Crippen LogP contribution is 2.18. The van der Waals surface area contributed by atoms with Crippen molar-refractivity contribution < 1.29 is 4.79 Å². The molecule has 1 heterocycles. The Labute approximate surface area is 128 Å². The zero-order chi connectivity index (χ0) is 15.1. The summed E-state index contributed by atoms with van der Waals surface area (Å²) in [7, 11) is 0. The van der Waals surface area contributed by atoms with E-state index in [0.29, 0.717) is 18.6 Å². The van der Waals surface area contributed by atoms with E-state index in [4.69, 9.17) is 0 Å². The van der Waals surface area contributed by atoms with E-state index >= 15 is 0 Å². The van der Waals surface area contributed by atoms with Crippen LogP contribution in [-0.4, -0.2) is 23.1 Å². The van der Waals surface area contributed by atoms with Crippen molar-refractivity contribution in [1.82, 2.24) is 15.2 Å². The highest BCUT2D eigenvalue weighted by atomic mass is 16.2. The first-order valence-electron chi connectivity index (χ1n) is 8.41. The van der Waals surface area contributed by atoms with Gasteiger partial charge in [-0.05, 0) is 43.9 Å². The minimum Gasteiger partial charge on any atom is -0.352 e. The van der Waals surface area contributed by atoms with Crippen LogP contribution >= 0.6 is 0 Å². The first-order chi connectivity index (χ1) is 10.2. The first kappa shape index (κ1) is 16.1. The lowest BCUT2D eigenvalue weighted by Crippen LogP contribution is -2.34. The SMILES string of the molecule is CCCNC(CC)c1ccn(CC(=O)NC2CCCC2)c1. The van der Waals surface area contributed by atoms with Gasteiger partial charge in [-0.15, -0.1) is 0 Å². The minimum atomic E-state index is 0.138. The van der Waals surface area contributed by atoms with Crippen molar-refractivity contribution in [3.63, 3.8) is 0 Å². The Morgan fingerprint density at radius 3 is 2.81 bits per heavy atom. The molecule has 1 unspecified atom stereocenters. The molecule has 1 aromatic rings. The fourth-order valence-corrected chi connectivity index (χ4v) is 3.09. The highest BCUT2D eigenvalue weighted by molar-refractivity contribution is 5.76. The molecule has 0 aliphatic heterocycles. The van der Waals surface area contributed by atoms with E-state index in [9.17, 15) is 4.79 Å². The summed E-state index contributed by atoms with van der Waals surface area (Å²) in [5.74, 6) is 0.138. The predicted molar refractivity (Wildman–Crippen MR) is 86.2 cm³/mol. The Hall–Kier alpha value is -1.29. The summed E-state index contributed by atoms with van der Waals surface area (Å²) in [6.45, 7) is 5.84. The Morgan fingerprint density at radius 1 is 1.38 bits per heavy atom. The number of carbonyl (C=O) groups excluding carboxylic acids is 1. The largest absolute Gasteiger partial charge is 0.352 e. The highest BCUT2D eigenvalue weighted by Gasteiger charge is 2.17. The summed E-state index contributed by atoms with van der Waals surface area (Å²) >= 11 is 0. The quantitative estimate of drug-likeness (QED) is 0.773. The molecule has 1 amide bonds. The van der Waals surface area contributed by atoms with Gasteiger partial charge in [-0.3, -0.25) is 4.79 Å². The van der Waals surface area contributed by atoms with E-state index in [2.05, 4.69) is 36.7 Å². The number of aromatic nitrogens is 1. The van der Waals surface area contributed by atoms with E-state index in [0.717, 1.165) is 32.2 Å². The van der Waals surface area contributed by atoms with Crippen LogP contribution in [0.2, 0.25) is 0 Å². The zero-order valence-corrected chi connectivity index (χ0v) is 13.4. The van der Waals surface area contributed by atoms with Gasteiger partial charge in [0.15, 0.2) is 0 Å². The molecule has 2 rings (SSSR count). The van der Waals surface area contributed by atoms with Gasteiger partial charge in [0.1, 0.15) is 6.54 Å². The molecule has 0 bridgehead atoms. The van der Waals surface area contributed by atoms with Crippen molar-refractivity contribution in [2.24, 2.45) is 0 Å². The predicted octanol–water partition coefficient (Wildman–Crippen LogP) is 3.00. The Balaban J connectivity index is 1.84. The maximum absolute atomic E-state index is 12.0. The van der Waals surface area contributed by atoms with Crippen LogP contribution in [0.15, 0.2) is 18.5 Å². The molecule has 21 heavy (non-hydrogen) atoms. The van der Waals surface area contributed by atoms with Crippen molar-refractivity contribution in [2.45, 2.75) is 71.0 Å². The number of rotatable bonds is 8. The summed E-state index contributed by atoms with van der Waals surface area (Å²) in [5.41, 5.74) is 1.28. The molecule has 118 valence electrons. The van der Waals surface area contributed by atoms with Crippen molar-refractivity contribution in [1.29, 1.82) is 0 Å². The number of nitrogens with one attached hydrogen (secondary N) is 2. The van der Waals surface area contributed by atoms with Crippen LogP contribution in [-0.2, 0) is 11.3 Å². The van der Waals surface area contributed by atoms with E-state index in [1.54, 1.807) is 0 Å². The molecule has 4 heteroatoms. The zero-order valence-electron chi connectivity index (χ0n) is 13.4. The Kier molecular flexibility index (Phi) is 6.30. The molecule has 0 radical (unpaired) electrons.